The average molecular weight is 309 g/mol. The Hall–Kier alpha value is -2.31. The zero-order chi connectivity index (χ0) is 16.5. The molecule has 3 heteroatoms. The smallest absolute Gasteiger partial charge is 0.122 e. The number of rotatable bonds is 8. The quantitative estimate of drug-likeness (QED) is 0.738. The van der Waals surface area contributed by atoms with E-state index in [4.69, 9.17) is 10.00 Å². The van der Waals surface area contributed by atoms with E-state index in [2.05, 4.69) is 25.1 Å². The van der Waals surface area contributed by atoms with E-state index < -0.39 is 6.10 Å². The largest absolute Gasteiger partial charge is 0.493 e. The van der Waals surface area contributed by atoms with Gasteiger partial charge in [-0.2, -0.15) is 5.26 Å². The molecule has 0 aromatic heterocycles. The molecule has 2 aromatic rings. The van der Waals surface area contributed by atoms with Crippen LogP contribution in [-0.4, -0.2) is 17.8 Å². The number of unbranched alkanes of at least 4 members (excludes halogenated alkanes) is 1. The molecule has 23 heavy (non-hydrogen) atoms. The van der Waals surface area contributed by atoms with E-state index in [1.165, 1.54) is 0 Å². The van der Waals surface area contributed by atoms with Crippen LogP contribution in [0.1, 0.15) is 31.7 Å². The van der Waals surface area contributed by atoms with Gasteiger partial charge in [0.15, 0.2) is 0 Å². The monoisotopic (exact) mass is 309 g/mol. The number of aliphatic hydroxyl groups is 1. The van der Waals surface area contributed by atoms with Crippen LogP contribution in [-0.2, 0) is 6.42 Å². The molecule has 0 aliphatic carbocycles. The first kappa shape index (κ1) is 17.1. The summed E-state index contributed by atoms with van der Waals surface area (Å²) >= 11 is 0. The molecule has 2 aromatic carbocycles. The minimum atomic E-state index is -0.667. The van der Waals surface area contributed by atoms with Gasteiger partial charge < -0.3 is 9.84 Å². The van der Waals surface area contributed by atoms with Crippen molar-refractivity contribution in [3.63, 3.8) is 0 Å². The van der Waals surface area contributed by atoms with Gasteiger partial charge in [0.25, 0.3) is 0 Å². The van der Waals surface area contributed by atoms with Gasteiger partial charge in [-0.25, -0.2) is 0 Å². The molecule has 0 spiro atoms. The molecule has 0 amide bonds. The lowest BCUT2D eigenvalue weighted by atomic mass is 9.98. The number of nitriles is 1. The Morgan fingerprint density at radius 1 is 1.13 bits per heavy atom. The summed E-state index contributed by atoms with van der Waals surface area (Å²) in [5.74, 6) is 0.801. The highest BCUT2D eigenvalue weighted by atomic mass is 16.5. The summed E-state index contributed by atoms with van der Waals surface area (Å²) in [6.45, 7) is 2.79. The highest BCUT2D eigenvalue weighted by Gasteiger charge is 2.12. The molecule has 2 rings (SSSR count). The average Bonchev–Trinajstić information content (AvgIpc) is 2.57. The summed E-state index contributed by atoms with van der Waals surface area (Å²) in [7, 11) is 0. The van der Waals surface area contributed by atoms with Gasteiger partial charge in [0.1, 0.15) is 5.75 Å². The molecule has 0 heterocycles. The first-order valence-electron chi connectivity index (χ1n) is 8.10. The summed E-state index contributed by atoms with van der Waals surface area (Å²) < 4.78 is 5.85. The van der Waals surface area contributed by atoms with Crippen molar-refractivity contribution in [1.29, 1.82) is 5.26 Å². The maximum Gasteiger partial charge on any atom is 0.122 e. The standard InChI is InChI=1S/C20H23NO2/c1-2-3-13-23-20-10-9-17(16-7-5-4-6-8-16)14-18(20)15-19(22)11-12-21/h4-10,14,19,22H,2-3,11,13,15H2,1H3/t19-/m1/s1. The van der Waals surface area contributed by atoms with Gasteiger partial charge in [0.2, 0.25) is 0 Å². The molecule has 0 saturated heterocycles. The number of hydrogen-bond acceptors (Lipinski definition) is 3. The summed E-state index contributed by atoms with van der Waals surface area (Å²) in [6, 6.07) is 18.2. The van der Waals surface area contributed by atoms with Crippen molar-refractivity contribution in [3.8, 4) is 22.9 Å². The van der Waals surface area contributed by atoms with E-state index in [1.54, 1.807) is 0 Å². The van der Waals surface area contributed by atoms with Crippen LogP contribution in [0.3, 0.4) is 0 Å². The maximum absolute atomic E-state index is 9.98. The van der Waals surface area contributed by atoms with E-state index >= 15 is 0 Å². The Morgan fingerprint density at radius 2 is 1.91 bits per heavy atom. The van der Waals surface area contributed by atoms with Gasteiger partial charge in [-0.15, -0.1) is 0 Å². The number of benzene rings is 2. The molecule has 1 N–H and O–H groups in total. The van der Waals surface area contributed by atoms with Gasteiger partial charge in [0.05, 0.1) is 25.2 Å². The summed E-state index contributed by atoms with van der Waals surface area (Å²) in [5, 5.41) is 18.7. The fourth-order valence-electron chi connectivity index (χ4n) is 2.45. The molecule has 1 atom stereocenters. The Kier molecular flexibility index (Phi) is 6.65. The lowest BCUT2D eigenvalue weighted by Crippen LogP contribution is -2.11. The van der Waals surface area contributed by atoms with Crippen LogP contribution >= 0.6 is 0 Å². The number of ether oxygens (including phenoxy) is 1. The molecule has 3 nitrogen and oxygen atoms in total. The number of nitrogens with zero attached hydrogens (tertiary/aromatic N) is 1. The van der Waals surface area contributed by atoms with Crippen molar-refractivity contribution in [3.05, 3.63) is 54.1 Å². The topological polar surface area (TPSA) is 53.2 Å². The van der Waals surface area contributed by atoms with E-state index in [9.17, 15) is 5.11 Å². The summed E-state index contributed by atoms with van der Waals surface area (Å²) in [4.78, 5) is 0. The lowest BCUT2D eigenvalue weighted by molar-refractivity contribution is 0.178. The van der Waals surface area contributed by atoms with Crippen LogP contribution in [0.25, 0.3) is 11.1 Å². The van der Waals surface area contributed by atoms with Crippen LogP contribution in [0, 0.1) is 11.3 Å². The van der Waals surface area contributed by atoms with Gasteiger partial charge in [-0.1, -0.05) is 49.7 Å². The normalized spacial score (nSPS) is 11.7. The van der Waals surface area contributed by atoms with E-state index in [0.717, 1.165) is 35.3 Å². The van der Waals surface area contributed by atoms with Crippen LogP contribution in [0.5, 0.6) is 5.75 Å². The molecular formula is C20H23NO2. The van der Waals surface area contributed by atoms with Crippen LogP contribution in [0.4, 0.5) is 0 Å². The Bertz CT molecular complexity index is 646. The van der Waals surface area contributed by atoms with Gasteiger partial charge in [-0.05, 0) is 35.2 Å². The molecule has 0 fully saturated rings. The first-order valence-corrected chi connectivity index (χ1v) is 8.10. The predicted octanol–water partition coefficient (Wildman–Crippen LogP) is 4.35. The van der Waals surface area contributed by atoms with Crippen molar-refractivity contribution in [2.24, 2.45) is 0 Å². The highest BCUT2D eigenvalue weighted by molar-refractivity contribution is 5.65. The third kappa shape index (κ3) is 5.12. The zero-order valence-corrected chi connectivity index (χ0v) is 13.5. The van der Waals surface area contributed by atoms with Gasteiger partial charge in [-0.3, -0.25) is 0 Å². The summed E-state index contributed by atoms with van der Waals surface area (Å²) in [5.41, 5.74) is 3.17. The van der Waals surface area contributed by atoms with Crippen molar-refractivity contribution in [2.75, 3.05) is 6.61 Å². The fraction of sp³-hybridized carbons (Fsp3) is 0.350. The van der Waals surface area contributed by atoms with Crippen molar-refractivity contribution in [1.82, 2.24) is 0 Å². The van der Waals surface area contributed by atoms with Crippen molar-refractivity contribution >= 4 is 0 Å². The maximum atomic E-state index is 9.98. The fourth-order valence-corrected chi connectivity index (χ4v) is 2.45. The number of hydrogen-bond donors (Lipinski definition) is 1. The summed E-state index contributed by atoms with van der Waals surface area (Å²) in [6.07, 6.45) is 1.97. The molecule has 0 aliphatic rings. The third-order valence-electron chi connectivity index (χ3n) is 3.71. The molecule has 0 saturated carbocycles. The van der Waals surface area contributed by atoms with Crippen LogP contribution in [0.15, 0.2) is 48.5 Å². The second kappa shape index (κ2) is 8.97. The second-order valence-corrected chi connectivity index (χ2v) is 5.61. The molecule has 120 valence electrons. The lowest BCUT2D eigenvalue weighted by Gasteiger charge is -2.15. The highest BCUT2D eigenvalue weighted by Crippen LogP contribution is 2.28. The van der Waals surface area contributed by atoms with E-state index in [0.29, 0.717) is 13.0 Å². The molecule has 0 unspecified atom stereocenters. The van der Waals surface area contributed by atoms with Crippen LogP contribution < -0.4 is 4.74 Å². The molecule has 0 radical (unpaired) electrons. The second-order valence-electron chi connectivity index (χ2n) is 5.61. The van der Waals surface area contributed by atoms with Gasteiger partial charge in [0, 0.05) is 6.42 Å². The van der Waals surface area contributed by atoms with E-state index in [-0.39, 0.29) is 6.42 Å². The zero-order valence-electron chi connectivity index (χ0n) is 13.5. The van der Waals surface area contributed by atoms with Crippen LogP contribution in [0.2, 0.25) is 0 Å². The minimum Gasteiger partial charge on any atom is -0.493 e. The Labute approximate surface area is 138 Å². The van der Waals surface area contributed by atoms with E-state index in [1.807, 2.05) is 36.4 Å². The minimum absolute atomic E-state index is 0.129. The Morgan fingerprint density at radius 3 is 2.61 bits per heavy atom. The molecule has 0 bridgehead atoms. The third-order valence-corrected chi connectivity index (χ3v) is 3.71. The SMILES string of the molecule is CCCCOc1ccc(-c2ccccc2)cc1C[C@H](O)CC#N. The predicted molar refractivity (Wildman–Crippen MR) is 92.2 cm³/mol. The van der Waals surface area contributed by atoms with Gasteiger partial charge >= 0.3 is 0 Å². The first-order chi connectivity index (χ1) is 11.2. The van der Waals surface area contributed by atoms with Crippen molar-refractivity contribution in [2.45, 2.75) is 38.7 Å². The number of aliphatic hydroxyl groups excluding tert-OH is 1. The molecular weight excluding hydrogens is 286 g/mol. The van der Waals surface area contributed by atoms with Crippen molar-refractivity contribution < 1.29 is 9.84 Å². The Balaban J connectivity index is 2.26. The molecule has 0 aliphatic heterocycles.